The lowest BCUT2D eigenvalue weighted by Gasteiger charge is -2.11. The first kappa shape index (κ1) is 17.0. The van der Waals surface area contributed by atoms with E-state index in [2.05, 4.69) is 10.6 Å². The van der Waals surface area contributed by atoms with Crippen molar-refractivity contribution in [1.29, 1.82) is 0 Å². The molecule has 2 rings (SSSR count). The van der Waals surface area contributed by atoms with Gasteiger partial charge in [-0.05, 0) is 36.8 Å². The largest absolute Gasteiger partial charge is 0.493 e. The lowest BCUT2D eigenvalue weighted by Crippen LogP contribution is -2.21. The Morgan fingerprint density at radius 3 is 2.39 bits per heavy atom. The maximum atomic E-state index is 12.0. The first-order valence-electron chi connectivity index (χ1n) is 7.05. The van der Waals surface area contributed by atoms with Crippen LogP contribution in [0.4, 0.5) is 11.4 Å². The minimum Gasteiger partial charge on any atom is -0.493 e. The molecule has 5 nitrogen and oxygen atoms in total. The van der Waals surface area contributed by atoms with Crippen LogP contribution in [-0.4, -0.2) is 26.7 Å². The van der Waals surface area contributed by atoms with E-state index in [9.17, 15) is 4.79 Å². The van der Waals surface area contributed by atoms with Crippen LogP contribution in [0, 0.1) is 6.92 Å². The summed E-state index contributed by atoms with van der Waals surface area (Å²) in [6, 6.07) is 10.8. The molecular weight excluding hydrogens is 316 g/mol. The maximum Gasteiger partial charge on any atom is 0.243 e. The number of anilines is 2. The van der Waals surface area contributed by atoms with Crippen LogP contribution >= 0.6 is 11.6 Å². The number of hydrogen-bond donors (Lipinski definition) is 2. The third kappa shape index (κ3) is 4.53. The van der Waals surface area contributed by atoms with Gasteiger partial charge in [0.15, 0.2) is 11.5 Å². The number of carbonyl (C=O) groups excluding carboxylic acids is 1. The molecule has 1 amide bonds. The molecule has 0 atom stereocenters. The van der Waals surface area contributed by atoms with Crippen molar-refractivity contribution < 1.29 is 14.3 Å². The van der Waals surface area contributed by atoms with Crippen LogP contribution in [0.25, 0.3) is 0 Å². The number of benzene rings is 2. The second-order valence-corrected chi connectivity index (χ2v) is 5.34. The van der Waals surface area contributed by atoms with Gasteiger partial charge in [0, 0.05) is 22.5 Å². The predicted molar refractivity (Wildman–Crippen MR) is 92.9 cm³/mol. The first-order chi connectivity index (χ1) is 11.0. The van der Waals surface area contributed by atoms with Crippen molar-refractivity contribution >= 4 is 28.9 Å². The van der Waals surface area contributed by atoms with E-state index in [1.807, 2.05) is 19.1 Å². The van der Waals surface area contributed by atoms with E-state index < -0.39 is 0 Å². The van der Waals surface area contributed by atoms with E-state index in [0.29, 0.717) is 22.2 Å². The van der Waals surface area contributed by atoms with Crippen molar-refractivity contribution in [2.75, 3.05) is 31.4 Å². The van der Waals surface area contributed by atoms with Gasteiger partial charge in [-0.25, -0.2) is 0 Å². The van der Waals surface area contributed by atoms with Crippen LogP contribution < -0.4 is 20.1 Å². The summed E-state index contributed by atoms with van der Waals surface area (Å²) in [7, 11) is 3.11. The number of rotatable bonds is 6. The zero-order chi connectivity index (χ0) is 16.8. The first-order valence-corrected chi connectivity index (χ1v) is 7.43. The molecule has 0 radical (unpaired) electrons. The molecule has 0 bridgehead atoms. The molecule has 122 valence electrons. The van der Waals surface area contributed by atoms with E-state index >= 15 is 0 Å². The van der Waals surface area contributed by atoms with Gasteiger partial charge < -0.3 is 20.1 Å². The minimum atomic E-state index is -0.172. The van der Waals surface area contributed by atoms with Crippen molar-refractivity contribution in [3.8, 4) is 11.5 Å². The van der Waals surface area contributed by atoms with Gasteiger partial charge >= 0.3 is 0 Å². The Balaban J connectivity index is 1.95. The zero-order valence-corrected chi connectivity index (χ0v) is 14.0. The molecule has 0 unspecified atom stereocenters. The number of methoxy groups -OCH3 is 2. The van der Waals surface area contributed by atoms with Gasteiger partial charge in [-0.3, -0.25) is 4.79 Å². The van der Waals surface area contributed by atoms with Crippen molar-refractivity contribution in [1.82, 2.24) is 0 Å². The lowest BCUT2D eigenvalue weighted by atomic mass is 10.2. The van der Waals surface area contributed by atoms with Gasteiger partial charge in [0.2, 0.25) is 5.91 Å². The van der Waals surface area contributed by atoms with Crippen LogP contribution in [0.5, 0.6) is 11.5 Å². The van der Waals surface area contributed by atoms with Gasteiger partial charge in [-0.15, -0.1) is 0 Å². The third-order valence-electron chi connectivity index (χ3n) is 3.29. The highest BCUT2D eigenvalue weighted by Crippen LogP contribution is 2.29. The number of aryl methyl sites for hydroxylation is 1. The monoisotopic (exact) mass is 334 g/mol. The van der Waals surface area contributed by atoms with E-state index in [1.54, 1.807) is 38.5 Å². The smallest absolute Gasteiger partial charge is 0.243 e. The summed E-state index contributed by atoms with van der Waals surface area (Å²) in [6.07, 6.45) is 0. The predicted octanol–water partition coefficient (Wildman–Crippen LogP) is 3.72. The summed E-state index contributed by atoms with van der Waals surface area (Å²) < 4.78 is 10.4. The van der Waals surface area contributed by atoms with Crippen LogP contribution in [0.2, 0.25) is 5.02 Å². The lowest BCUT2D eigenvalue weighted by molar-refractivity contribution is -0.114. The number of amides is 1. The molecule has 23 heavy (non-hydrogen) atoms. The second-order valence-electron chi connectivity index (χ2n) is 4.94. The van der Waals surface area contributed by atoms with Crippen LogP contribution in [0.15, 0.2) is 36.4 Å². The number of hydrogen-bond acceptors (Lipinski definition) is 4. The highest BCUT2D eigenvalue weighted by molar-refractivity contribution is 6.31. The summed E-state index contributed by atoms with van der Waals surface area (Å²) in [5, 5.41) is 6.49. The highest BCUT2D eigenvalue weighted by Gasteiger charge is 2.07. The molecule has 2 N–H and O–H groups in total. The molecule has 0 spiro atoms. The molecule has 0 aliphatic heterocycles. The van der Waals surface area contributed by atoms with E-state index in [-0.39, 0.29) is 12.5 Å². The molecule has 2 aromatic carbocycles. The number of halogens is 1. The molecule has 0 heterocycles. The zero-order valence-electron chi connectivity index (χ0n) is 13.3. The Labute approximate surface area is 140 Å². The quantitative estimate of drug-likeness (QED) is 0.845. The summed E-state index contributed by atoms with van der Waals surface area (Å²) in [5.41, 5.74) is 2.42. The van der Waals surface area contributed by atoms with Crippen molar-refractivity contribution in [2.24, 2.45) is 0 Å². The van der Waals surface area contributed by atoms with Gasteiger partial charge in [0.05, 0.1) is 20.8 Å². The van der Waals surface area contributed by atoms with E-state index in [0.717, 1.165) is 11.3 Å². The molecule has 0 aliphatic rings. The minimum absolute atomic E-state index is 0.133. The average molecular weight is 335 g/mol. The Morgan fingerprint density at radius 1 is 1.04 bits per heavy atom. The van der Waals surface area contributed by atoms with Crippen molar-refractivity contribution in [3.05, 3.63) is 47.0 Å². The van der Waals surface area contributed by atoms with Crippen LogP contribution in [-0.2, 0) is 4.79 Å². The molecule has 0 aromatic heterocycles. The van der Waals surface area contributed by atoms with Gasteiger partial charge in [-0.1, -0.05) is 17.7 Å². The topological polar surface area (TPSA) is 59.6 Å². The average Bonchev–Trinajstić information content (AvgIpc) is 2.55. The Bertz CT molecular complexity index is 704. The molecule has 0 saturated heterocycles. The number of ether oxygens (including phenoxy) is 2. The van der Waals surface area contributed by atoms with Gasteiger partial charge in [-0.2, -0.15) is 0 Å². The molecule has 0 aliphatic carbocycles. The van der Waals surface area contributed by atoms with Crippen LogP contribution in [0.1, 0.15) is 5.56 Å². The van der Waals surface area contributed by atoms with E-state index in [4.69, 9.17) is 21.1 Å². The standard InChI is InChI=1S/C17H19ClN2O3/c1-11-4-5-12(8-14(11)18)19-10-17(21)20-13-6-7-15(22-2)16(9-13)23-3/h4-9,19H,10H2,1-3H3,(H,20,21). The van der Waals surface area contributed by atoms with E-state index in [1.165, 1.54) is 0 Å². The Hall–Kier alpha value is -2.40. The molecular formula is C17H19ClN2O3. The summed E-state index contributed by atoms with van der Waals surface area (Å²) in [4.78, 5) is 12.0. The van der Waals surface area contributed by atoms with Gasteiger partial charge in [0.1, 0.15) is 0 Å². The number of carbonyl (C=O) groups is 1. The SMILES string of the molecule is COc1ccc(NC(=O)CNc2ccc(C)c(Cl)c2)cc1OC. The Morgan fingerprint density at radius 2 is 1.74 bits per heavy atom. The molecule has 6 heteroatoms. The van der Waals surface area contributed by atoms with Crippen molar-refractivity contribution in [2.45, 2.75) is 6.92 Å². The highest BCUT2D eigenvalue weighted by atomic mass is 35.5. The van der Waals surface area contributed by atoms with Gasteiger partial charge in [0.25, 0.3) is 0 Å². The fraction of sp³-hybridized carbons (Fsp3) is 0.235. The van der Waals surface area contributed by atoms with Crippen LogP contribution in [0.3, 0.4) is 0 Å². The summed E-state index contributed by atoms with van der Waals surface area (Å²) in [5.74, 6) is 0.996. The number of nitrogens with one attached hydrogen (secondary N) is 2. The third-order valence-corrected chi connectivity index (χ3v) is 3.70. The summed E-state index contributed by atoms with van der Waals surface area (Å²) in [6.45, 7) is 2.06. The second kappa shape index (κ2) is 7.74. The van der Waals surface area contributed by atoms with Crippen molar-refractivity contribution in [3.63, 3.8) is 0 Å². The summed E-state index contributed by atoms with van der Waals surface area (Å²) >= 11 is 6.05. The molecule has 2 aromatic rings. The normalized spacial score (nSPS) is 10.1. The maximum absolute atomic E-state index is 12.0. The fourth-order valence-electron chi connectivity index (χ4n) is 2.00. The fourth-order valence-corrected chi connectivity index (χ4v) is 2.18. The molecule has 0 saturated carbocycles. The molecule has 0 fully saturated rings. The Kier molecular flexibility index (Phi) is 5.71.